The summed E-state index contributed by atoms with van der Waals surface area (Å²) in [6.07, 6.45) is 2.17. The summed E-state index contributed by atoms with van der Waals surface area (Å²) >= 11 is 1.61. The number of nitrogens with one attached hydrogen (secondary N) is 1. The number of aromatic amines is 1. The fourth-order valence-corrected chi connectivity index (χ4v) is 5.32. The van der Waals surface area contributed by atoms with Crippen molar-refractivity contribution in [1.29, 1.82) is 0 Å². The van der Waals surface area contributed by atoms with Crippen molar-refractivity contribution in [2.24, 2.45) is 4.99 Å². The highest BCUT2D eigenvalue weighted by atomic mass is 32.2. The van der Waals surface area contributed by atoms with Gasteiger partial charge in [-0.25, -0.2) is 0 Å². The van der Waals surface area contributed by atoms with E-state index in [4.69, 9.17) is 23.9 Å². The summed E-state index contributed by atoms with van der Waals surface area (Å²) in [5, 5.41) is 1.98. The summed E-state index contributed by atoms with van der Waals surface area (Å²) < 4.78 is 23.2. The predicted molar refractivity (Wildman–Crippen MR) is 138 cm³/mol. The number of H-pyrrole nitrogens is 1. The molecule has 3 aromatic rings. The molecule has 8 heteroatoms. The number of carbonyl (C=O) groups excluding carboxylic acids is 1. The van der Waals surface area contributed by atoms with Crippen LogP contribution < -0.4 is 9.47 Å². The third-order valence-electron chi connectivity index (χ3n) is 6.03. The lowest BCUT2D eigenvalue weighted by atomic mass is 10.1. The number of ether oxygens (including phenoxy) is 4. The van der Waals surface area contributed by atoms with Crippen LogP contribution in [-0.4, -0.2) is 53.7 Å². The number of rotatable bonds is 8. The van der Waals surface area contributed by atoms with Gasteiger partial charge in [0, 0.05) is 29.5 Å². The number of hydrogen-bond donors (Lipinski definition) is 1. The monoisotopic (exact) mass is 494 g/mol. The first-order valence-electron chi connectivity index (χ1n) is 12.1. The highest BCUT2D eigenvalue weighted by molar-refractivity contribution is 8.15. The van der Waals surface area contributed by atoms with Crippen molar-refractivity contribution in [2.45, 2.75) is 44.5 Å². The Morgan fingerprint density at radius 2 is 1.94 bits per heavy atom. The zero-order valence-corrected chi connectivity index (χ0v) is 20.9. The van der Waals surface area contributed by atoms with E-state index in [2.05, 4.69) is 18.0 Å². The molecule has 7 nitrogen and oxygen atoms in total. The van der Waals surface area contributed by atoms with Gasteiger partial charge in [0.05, 0.1) is 44.0 Å². The molecule has 1 saturated heterocycles. The van der Waals surface area contributed by atoms with Gasteiger partial charge in [-0.2, -0.15) is 0 Å². The van der Waals surface area contributed by atoms with Gasteiger partial charge in [-0.05, 0) is 38.1 Å². The minimum atomic E-state index is -0.178. The molecule has 0 bridgehead atoms. The van der Waals surface area contributed by atoms with E-state index in [1.165, 1.54) is 5.56 Å². The highest BCUT2D eigenvalue weighted by Gasteiger charge is 2.26. The quantitative estimate of drug-likeness (QED) is 0.408. The Balaban J connectivity index is 1.41. The average Bonchev–Trinajstić information content (AvgIpc) is 3.49. The molecule has 2 aliphatic heterocycles. The van der Waals surface area contributed by atoms with Crippen LogP contribution >= 0.6 is 11.8 Å². The van der Waals surface area contributed by atoms with E-state index < -0.39 is 0 Å². The molecule has 0 aliphatic carbocycles. The average molecular weight is 495 g/mol. The van der Waals surface area contributed by atoms with Crippen LogP contribution in [0.1, 0.15) is 37.4 Å². The molecule has 3 heterocycles. The lowest BCUT2D eigenvalue weighted by molar-refractivity contribution is -0.143. The molecule has 184 valence electrons. The molecule has 0 saturated carbocycles. The van der Waals surface area contributed by atoms with Gasteiger partial charge in [0.25, 0.3) is 0 Å². The van der Waals surface area contributed by atoms with Crippen LogP contribution in [0.5, 0.6) is 17.2 Å². The van der Waals surface area contributed by atoms with Crippen LogP contribution in [0, 0.1) is 6.92 Å². The summed E-state index contributed by atoms with van der Waals surface area (Å²) in [6, 6.07) is 14.0. The smallest absolute Gasteiger partial charge is 0.306 e. The summed E-state index contributed by atoms with van der Waals surface area (Å²) in [7, 11) is 0. The van der Waals surface area contributed by atoms with Gasteiger partial charge < -0.3 is 23.9 Å². The molecule has 2 aliphatic rings. The normalized spacial score (nSPS) is 18.5. The molecule has 1 fully saturated rings. The van der Waals surface area contributed by atoms with Crippen molar-refractivity contribution >= 4 is 33.7 Å². The van der Waals surface area contributed by atoms with Crippen LogP contribution in [0.15, 0.2) is 47.5 Å². The van der Waals surface area contributed by atoms with Gasteiger partial charge in [0.1, 0.15) is 28.4 Å². The molecular weight excluding hydrogens is 464 g/mol. The first-order chi connectivity index (χ1) is 17.1. The van der Waals surface area contributed by atoms with Crippen molar-refractivity contribution in [3.63, 3.8) is 0 Å². The van der Waals surface area contributed by atoms with Crippen molar-refractivity contribution in [3.05, 3.63) is 53.7 Å². The molecule has 1 atom stereocenters. The Morgan fingerprint density at radius 3 is 2.71 bits per heavy atom. The largest absolute Gasteiger partial charge is 0.488 e. The number of esters is 1. The van der Waals surface area contributed by atoms with E-state index in [0.29, 0.717) is 32.8 Å². The highest BCUT2D eigenvalue weighted by Crippen LogP contribution is 2.37. The zero-order valence-electron chi connectivity index (χ0n) is 20.0. The van der Waals surface area contributed by atoms with Crippen molar-refractivity contribution in [1.82, 2.24) is 4.98 Å². The summed E-state index contributed by atoms with van der Waals surface area (Å²) in [6.45, 7) is 6.29. The molecule has 0 amide bonds. The maximum atomic E-state index is 11.9. The van der Waals surface area contributed by atoms with E-state index in [-0.39, 0.29) is 17.3 Å². The van der Waals surface area contributed by atoms with Crippen molar-refractivity contribution < 1.29 is 23.7 Å². The minimum absolute atomic E-state index is 0.0915. The standard InChI is InChI=1S/C27H30N2O5S/c1-3-32-25(30)15-22-16-28-27(35-22)23-13-18-12-21(33-19-6-4-17(2)5-7-19)14-24(26(18)29-23)34-20-8-10-31-11-9-20/h4-7,12-14,20,22,29H,3,8-11,15-16H2,1-2H3. The number of carbonyl (C=O) groups is 1. The third-order valence-corrected chi connectivity index (χ3v) is 7.25. The second kappa shape index (κ2) is 10.7. The van der Waals surface area contributed by atoms with Gasteiger partial charge in [-0.3, -0.25) is 9.79 Å². The molecule has 1 aromatic heterocycles. The first-order valence-corrected chi connectivity index (χ1v) is 13.0. The molecule has 2 aromatic carbocycles. The molecule has 0 spiro atoms. The summed E-state index contributed by atoms with van der Waals surface area (Å²) in [5.74, 6) is 2.08. The lowest BCUT2D eigenvalue weighted by Gasteiger charge is -2.24. The maximum absolute atomic E-state index is 11.9. The minimum Gasteiger partial charge on any atom is -0.488 e. The molecular formula is C27H30N2O5S. The first kappa shape index (κ1) is 23.8. The van der Waals surface area contributed by atoms with E-state index in [0.717, 1.165) is 51.7 Å². The molecule has 1 unspecified atom stereocenters. The number of fused-ring (bicyclic) bond motifs is 1. The SMILES string of the molecule is CCOC(=O)CC1CN=C(c2cc3cc(Oc4ccc(C)cc4)cc(OC4CCOCC4)c3[nH]2)S1. The topological polar surface area (TPSA) is 82.1 Å². The Bertz CT molecular complexity index is 1210. The number of thioether (sulfide) groups is 1. The van der Waals surface area contributed by atoms with Crippen LogP contribution in [0.25, 0.3) is 10.9 Å². The van der Waals surface area contributed by atoms with Crippen molar-refractivity contribution in [2.75, 3.05) is 26.4 Å². The van der Waals surface area contributed by atoms with Gasteiger partial charge >= 0.3 is 5.97 Å². The number of aromatic nitrogens is 1. The van der Waals surface area contributed by atoms with Gasteiger partial charge in [0.15, 0.2) is 0 Å². The van der Waals surface area contributed by atoms with Crippen LogP contribution in [0.2, 0.25) is 0 Å². The van der Waals surface area contributed by atoms with Crippen LogP contribution in [0.4, 0.5) is 0 Å². The second-order valence-electron chi connectivity index (χ2n) is 8.81. The number of benzene rings is 2. The number of aryl methyl sites for hydroxylation is 1. The number of aliphatic imine (C=N–C) groups is 1. The Morgan fingerprint density at radius 1 is 1.14 bits per heavy atom. The van der Waals surface area contributed by atoms with Gasteiger partial charge in [0.2, 0.25) is 0 Å². The molecule has 5 rings (SSSR count). The number of nitrogens with zero attached hydrogens (tertiary/aromatic N) is 1. The van der Waals surface area contributed by atoms with Crippen LogP contribution in [0.3, 0.4) is 0 Å². The number of hydrogen-bond acceptors (Lipinski definition) is 7. The fourth-order valence-electron chi connectivity index (χ4n) is 4.25. The third kappa shape index (κ3) is 5.82. The van der Waals surface area contributed by atoms with E-state index in [1.807, 2.05) is 43.3 Å². The Hall–Kier alpha value is -2.97. The summed E-state index contributed by atoms with van der Waals surface area (Å²) in [4.78, 5) is 20.1. The fraction of sp³-hybridized carbons (Fsp3) is 0.407. The Kier molecular flexibility index (Phi) is 7.29. The summed E-state index contributed by atoms with van der Waals surface area (Å²) in [5.41, 5.74) is 3.02. The second-order valence-corrected chi connectivity index (χ2v) is 10.1. The molecule has 1 N–H and O–H groups in total. The molecule has 0 radical (unpaired) electrons. The predicted octanol–water partition coefficient (Wildman–Crippen LogP) is 5.64. The van der Waals surface area contributed by atoms with E-state index in [1.54, 1.807) is 11.8 Å². The molecule has 35 heavy (non-hydrogen) atoms. The van der Waals surface area contributed by atoms with Gasteiger partial charge in [-0.15, -0.1) is 0 Å². The van der Waals surface area contributed by atoms with E-state index >= 15 is 0 Å². The lowest BCUT2D eigenvalue weighted by Crippen LogP contribution is -2.25. The van der Waals surface area contributed by atoms with Crippen molar-refractivity contribution in [3.8, 4) is 17.2 Å². The van der Waals surface area contributed by atoms with Gasteiger partial charge in [-0.1, -0.05) is 29.5 Å². The maximum Gasteiger partial charge on any atom is 0.306 e. The zero-order chi connectivity index (χ0) is 24.2. The van der Waals surface area contributed by atoms with E-state index in [9.17, 15) is 4.79 Å². The Labute approximate surface area is 209 Å². The van der Waals surface area contributed by atoms with Crippen LogP contribution in [-0.2, 0) is 14.3 Å².